The molecule has 49 heteroatoms. The molecule has 12 atom stereocenters. The Hall–Kier alpha value is -11.1. The van der Waals surface area contributed by atoms with Crippen LogP contribution in [0.2, 0.25) is 0 Å². The van der Waals surface area contributed by atoms with E-state index in [1.807, 2.05) is 30.3 Å². The van der Waals surface area contributed by atoms with Crippen molar-refractivity contribution in [3.8, 4) is 0 Å². The van der Waals surface area contributed by atoms with Gasteiger partial charge in [-0.1, -0.05) is 30.3 Å². The number of benzene rings is 1. The van der Waals surface area contributed by atoms with Crippen molar-refractivity contribution in [2.75, 3.05) is 167 Å². The van der Waals surface area contributed by atoms with Crippen LogP contribution in [-0.4, -0.2) is 419 Å². The van der Waals surface area contributed by atoms with Gasteiger partial charge in [-0.15, -0.1) is 0 Å². The van der Waals surface area contributed by atoms with E-state index in [1.165, 1.54) is 110 Å². The van der Waals surface area contributed by atoms with E-state index in [2.05, 4.69) is 36.6 Å². The summed E-state index contributed by atoms with van der Waals surface area (Å²) < 4.78 is 41.5. The number of hydrogen-bond acceptors (Lipinski definition) is 29. The van der Waals surface area contributed by atoms with Gasteiger partial charge in [-0.05, 0) is 110 Å². The molecule has 48 nitrogen and oxygen atoms in total. The van der Waals surface area contributed by atoms with Gasteiger partial charge < -0.3 is 85.1 Å². The van der Waals surface area contributed by atoms with Crippen molar-refractivity contribution in [2.24, 2.45) is 0 Å². The van der Waals surface area contributed by atoms with Gasteiger partial charge in [0.2, 0.25) is 41.4 Å². The zero-order valence-corrected chi connectivity index (χ0v) is 74.4. The van der Waals surface area contributed by atoms with E-state index in [0.29, 0.717) is 143 Å². The molecule has 1 aromatic rings. The fourth-order valence-electron chi connectivity index (χ4n) is 17.0. The number of nitrogens with one attached hydrogen (secondary N) is 6. The van der Waals surface area contributed by atoms with Crippen LogP contribution in [0.25, 0.3) is 0 Å². The van der Waals surface area contributed by atoms with Crippen LogP contribution in [0, 0.1) is 0 Å². The van der Waals surface area contributed by atoms with Gasteiger partial charge in [0.15, 0.2) is 15.6 Å². The van der Waals surface area contributed by atoms with E-state index in [4.69, 9.17) is 43.2 Å². The van der Waals surface area contributed by atoms with E-state index in [-0.39, 0.29) is 159 Å². The maximum Gasteiger partial charge on any atom is 0.345 e. The van der Waals surface area contributed by atoms with Crippen LogP contribution in [0.5, 0.6) is 0 Å². The normalized spacial score (nSPS) is 25.2. The number of fused-ring (bicyclic) bond motifs is 12. The Bertz CT molecular complexity index is 4260. The zero-order chi connectivity index (χ0) is 92.9. The fourth-order valence-corrected chi connectivity index (χ4v) is 17.4. The molecule has 0 spiro atoms. The monoisotopic (exact) mass is 1820 g/mol. The van der Waals surface area contributed by atoms with Gasteiger partial charge in [-0.2, -0.15) is 30.4 Å². The first-order valence-electron chi connectivity index (χ1n) is 42.0. The maximum absolute atomic E-state index is 12.4. The average molecular weight is 1820 g/mol. The summed E-state index contributed by atoms with van der Waals surface area (Å²) >= 11 is 0. The largest absolute Gasteiger partial charge is 0.468 e. The first-order valence-corrected chi connectivity index (χ1v) is 44.0. The number of morpholine rings is 1. The molecular weight excluding hydrogens is 1700 g/mol. The second-order valence-electron chi connectivity index (χ2n) is 32.5. The minimum absolute atomic E-state index is 0.00149. The molecule has 13 saturated heterocycles. The highest BCUT2D eigenvalue weighted by Crippen LogP contribution is 2.36. The Morgan fingerprint density at radius 2 is 0.677 bits per heavy atom. The summed E-state index contributed by atoms with van der Waals surface area (Å²) in [5, 5.41) is 23.0. The Morgan fingerprint density at radius 1 is 0.394 bits per heavy atom. The lowest BCUT2D eigenvalue weighted by Gasteiger charge is -2.30. The van der Waals surface area contributed by atoms with Crippen LogP contribution >= 0.6 is 0 Å². The first-order chi connectivity index (χ1) is 60.4. The van der Waals surface area contributed by atoms with Gasteiger partial charge in [-0.25, -0.2) is 37.2 Å². The maximum atomic E-state index is 12.4. The highest BCUT2D eigenvalue weighted by atomic mass is 32.2. The lowest BCUT2D eigenvalue weighted by atomic mass is 10.00. The summed E-state index contributed by atoms with van der Waals surface area (Å²) in [6.07, 6.45) is 8.84. The molecule has 0 aromatic heterocycles. The van der Waals surface area contributed by atoms with Crippen LogP contribution in [0.1, 0.15) is 110 Å². The summed E-state index contributed by atoms with van der Waals surface area (Å²) in [6, 6.07) is 4.22. The lowest BCUT2D eigenvalue weighted by molar-refractivity contribution is -0.155. The summed E-state index contributed by atoms with van der Waals surface area (Å²) in [7, 11) is 6.62. The van der Waals surface area contributed by atoms with Crippen LogP contribution in [0.15, 0.2) is 30.3 Å². The molecule has 706 valence electrons. The highest BCUT2D eigenvalue weighted by molar-refractivity contribution is 7.90. The number of piperidine rings is 6. The Labute approximate surface area is 734 Å². The number of hydroxylamine groups is 12. The number of methoxy groups -OCH3 is 1. The number of urea groups is 6. The topological polar surface area (TPSA) is 531 Å². The molecule has 19 amide bonds. The molecule has 13 fully saturated rings. The van der Waals surface area contributed by atoms with E-state index in [1.54, 1.807) is 32.6 Å². The summed E-state index contributed by atoms with van der Waals surface area (Å²) in [5.41, 5.74) is 0.326. The third-order valence-corrected chi connectivity index (χ3v) is 23.8. The van der Waals surface area contributed by atoms with E-state index in [0.717, 1.165) is 11.8 Å². The molecule has 12 bridgehead atoms. The minimum Gasteiger partial charge on any atom is -0.468 e. The number of carbonyl (C=O) groups is 17. The minimum atomic E-state index is -3.27. The van der Waals surface area contributed by atoms with Crippen LogP contribution in [0.4, 0.5) is 28.8 Å². The van der Waals surface area contributed by atoms with Gasteiger partial charge in [-0.3, -0.25) is 81.8 Å². The van der Waals surface area contributed by atoms with Crippen molar-refractivity contribution in [3.05, 3.63) is 35.9 Å². The Balaban J connectivity index is 0.000000173. The number of ketones is 1. The van der Waals surface area contributed by atoms with E-state index < -0.39 is 81.4 Å². The number of rotatable bonds is 27. The molecule has 0 unspecified atom stereocenters. The Morgan fingerprint density at radius 3 is 0.961 bits per heavy atom. The van der Waals surface area contributed by atoms with Crippen LogP contribution < -0.4 is 31.9 Å². The van der Waals surface area contributed by atoms with Crippen molar-refractivity contribution in [3.63, 3.8) is 0 Å². The van der Waals surface area contributed by atoms with Gasteiger partial charge in [0.1, 0.15) is 67.4 Å². The van der Waals surface area contributed by atoms with Crippen molar-refractivity contribution in [1.82, 2.24) is 96.6 Å². The average Bonchev–Trinajstić information content (AvgIpc) is 1.67. The van der Waals surface area contributed by atoms with Crippen molar-refractivity contribution in [1.29, 1.82) is 0 Å². The number of hydrogen-bond donors (Lipinski definition) is 6. The molecule has 14 rings (SSSR count). The smallest absolute Gasteiger partial charge is 0.345 e. The van der Waals surface area contributed by atoms with Crippen molar-refractivity contribution in [2.45, 2.75) is 189 Å². The molecule has 13 aliphatic heterocycles. The second kappa shape index (κ2) is 45.5. The van der Waals surface area contributed by atoms with Crippen LogP contribution in [0.3, 0.4) is 0 Å². The van der Waals surface area contributed by atoms with Crippen molar-refractivity contribution < 1.29 is 138 Å². The number of carbonyl (C=O) groups excluding carboxylic acids is 17. The molecule has 1 aromatic carbocycles. The highest BCUT2D eigenvalue weighted by Gasteiger charge is 2.54. The predicted molar refractivity (Wildman–Crippen MR) is 437 cm³/mol. The molecule has 13 heterocycles. The fraction of sp³-hybridized carbons (Fsp3) is 0.705. The molecule has 0 aliphatic carbocycles. The molecule has 13 aliphatic rings. The molecule has 6 N–H and O–H groups in total. The molecule has 127 heavy (non-hydrogen) atoms. The summed E-state index contributed by atoms with van der Waals surface area (Å²) in [5.74, 6) is -4.10. The number of Topliss-reactive ketones (excluding diaryl/α,β-unsaturated/α-hetero) is 1. The van der Waals surface area contributed by atoms with Crippen molar-refractivity contribution >= 4 is 111 Å². The number of amides is 19. The van der Waals surface area contributed by atoms with Gasteiger partial charge >= 0.3 is 54.1 Å². The van der Waals surface area contributed by atoms with Gasteiger partial charge in [0.05, 0.1) is 119 Å². The summed E-state index contributed by atoms with van der Waals surface area (Å²) in [6.45, 7) is 11.6. The van der Waals surface area contributed by atoms with Crippen LogP contribution in [-0.2, 0) is 117 Å². The quantitative estimate of drug-likeness (QED) is 0.0387. The predicted octanol–water partition coefficient (Wildman–Crippen LogP) is -2.65. The van der Waals surface area contributed by atoms with E-state index >= 15 is 0 Å². The molecule has 0 saturated carbocycles. The van der Waals surface area contributed by atoms with Gasteiger partial charge in [0, 0.05) is 65.0 Å². The number of esters is 3. The third kappa shape index (κ3) is 25.4. The standard InChI is InChI=1S/C17H21N3O4.C14H22N4O5.C14H23N3O5.C12H19N3O5.C11H17N3O5.C10H17N3O5S/c1-24-20-13-7-8-15(19(11-13)17(20)23)16(22)18-10-14(21)9-12-5-3-2-4-6-12;1-22-18-10-2-3-11(17(9-10)14(18)21)13(20)15-8-12(19)16-4-6-23-7-5-16;1-14(2,3)22-11(18)7-15-12(19)10-6-5-9-8-16(10)13(20)17(9)21-4;1-3-20-10(16)6-13-11(17)9-5-4-8-7-14(9)12(18)15(8)19-2;1-18-9(15)5-12-10(16)8-4-3-7-6-13(8)11(17)14(7)19-2;1-18-13-7-3-4-8(12(5-7)10(13)15)9(14)11-6-19(2,16)17/h2-6,13,15H,7-11H2,1H3,(H,18,22);10-11H,2-9H2,1H3,(H,15,20);9-10H,5-8H2,1-4H3,(H,15,19);8-9H,3-7H2,1-2H3,(H,13,17);7-8H,3-6H2,1-2H3,(H,12,16);7-8H,3-6H2,1-2H3,(H,11,14)/t13-,15+;10-,11+;9-,10+;8-,9+;2*7-,8+/m111111/s1. The Kier molecular flexibility index (Phi) is 35.7. The zero-order valence-electron chi connectivity index (χ0n) is 73.6. The van der Waals surface area contributed by atoms with Gasteiger partial charge in [0.25, 0.3) is 0 Å². The number of ether oxygens (including phenoxy) is 4. The second-order valence-corrected chi connectivity index (χ2v) is 34.6. The summed E-state index contributed by atoms with van der Waals surface area (Å²) in [4.78, 5) is 244. The van der Waals surface area contributed by atoms with E-state index in [9.17, 15) is 89.9 Å². The molecule has 0 radical (unpaired) electrons. The SMILES string of the molecule is CCOC(=O)CNC(=O)[C@@H]1CC[C@@H]2CN1C(=O)N2OC.COC(=O)CNC(=O)[C@@H]1CC[C@@H]2CN1C(=O)N2OC.CON1C(=O)N2C[C@H]1CC[C@H]2C(=O)NCC(=O)Cc1ccccc1.CON1C(=O)N2C[C@H]1CC[C@H]2C(=O)NCC(=O)N1CCOCC1.CON1C(=O)N2C[C@H]1CC[C@H]2C(=O)NCC(=O)OC(C)(C)C.CON1C(=O)N2C[C@H]1CC[C@H]2C(=O)NCS(C)(=O)=O. The third-order valence-electron chi connectivity index (χ3n) is 23.1. The number of sulfone groups is 1. The number of nitrogens with zero attached hydrogens (tertiary/aromatic N) is 13. The first kappa shape index (κ1) is 99.7. The lowest BCUT2D eigenvalue weighted by Crippen LogP contribution is -2.52. The molecular formula is C78H119N19O29S.